The third-order valence-electron chi connectivity index (χ3n) is 7.49. The van der Waals surface area contributed by atoms with Crippen LogP contribution in [0.25, 0.3) is 0 Å². The van der Waals surface area contributed by atoms with Crippen LogP contribution >= 0.6 is 0 Å². The fraction of sp³-hybridized carbons (Fsp3) is 0.345. The second-order valence-electron chi connectivity index (χ2n) is 9.79. The fourth-order valence-corrected chi connectivity index (χ4v) is 5.86. The molecule has 0 saturated heterocycles. The quantitative estimate of drug-likeness (QED) is 0.650. The molecule has 0 radical (unpaired) electrons. The minimum absolute atomic E-state index is 0.00749. The molecule has 0 aromatic heterocycles. The summed E-state index contributed by atoms with van der Waals surface area (Å²) in [6, 6.07) is 15.2. The Bertz CT molecular complexity index is 1340. The molecule has 2 heterocycles. The normalized spacial score (nSPS) is 21.5. The number of nitrogens with zero attached hydrogens (tertiary/aromatic N) is 2. The first-order valence-electron chi connectivity index (χ1n) is 12.5. The van der Waals surface area contributed by atoms with Crippen molar-refractivity contribution in [3.8, 4) is 0 Å². The molecular weight excluding hydrogens is 454 g/mol. The van der Waals surface area contributed by atoms with Gasteiger partial charge in [-0.05, 0) is 49.4 Å². The minimum atomic E-state index is -1.64. The van der Waals surface area contributed by atoms with Gasteiger partial charge in [0.05, 0.1) is 6.61 Å². The van der Waals surface area contributed by atoms with E-state index in [4.69, 9.17) is 10.5 Å². The second-order valence-corrected chi connectivity index (χ2v) is 9.79. The molecule has 3 aliphatic rings. The van der Waals surface area contributed by atoms with Crippen molar-refractivity contribution in [3.63, 3.8) is 0 Å². The number of allylic oxidation sites excluding steroid dienone is 1. The van der Waals surface area contributed by atoms with Crippen molar-refractivity contribution < 1.29 is 19.1 Å². The zero-order valence-electron chi connectivity index (χ0n) is 21.1. The first kappa shape index (κ1) is 23.9. The standard InChI is InChI=1S/C29H31N3O4/c1-5-36-27(34)25-26(30)32(19-15-13-18(14-16-19)17(2)3)22-11-8-12-23(33)24(22)29(25)20-9-6-7-10-21(20)31(4)28(29)35/h6-7,9-10,13-17H,5,8,11-12,30H2,1-4H3. The monoisotopic (exact) mass is 485 g/mol. The van der Waals surface area contributed by atoms with Crippen LogP contribution in [0.2, 0.25) is 0 Å². The third kappa shape index (κ3) is 3.15. The molecule has 7 heteroatoms. The summed E-state index contributed by atoms with van der Waals surface area (Å²) >= 11 is 0. The van der Waals surface area contributed by atoms with Crippen LogP contribution in [0.15, 0.2) is 71.2 Å². The highest BCUT2D eigenvalue weighted by molar-refractivity contribution is 6.24. The number of carbonyl (C=O) groups excluding carboxylic acids is 3. The molecule has 0 bridgehead atoms. The van der Waals surface area contributed by atoms with Gasteiger partial charge in [-0.15, -0.1) is 0 Å². The van der Waals surface area contributed by atoms with Gasteiger partial charge in [-0.25, -0.2) is 4.79 Å². The van der Waals surface area contributed by atoms with Crippen molar-refractivity contribution in [2.24, 2.45) is 5.73 Å². The van der Waals surface area contributed by atoms with Crippen molar-refractivity contribution in [1.29, 1.82) is 0 Å². The van der Waals surface area contributed by atoms with E-state index < -0.39 is 11.4 Å². The molecule has 2 aliphatic heterocycles. The number of nitrogens with two attached hydrogens (primary N) is 1. The number of fused-ring (bicyclic) bond motifs is 3. The molecule has 0 fully saturated rings. The maximum atomic E-state index is 14.2. The van der Waals surface area contributed by atoms with Crippen LogP contribution in [0.5, 0.6) is 0 Å². The Morgan fingerprint density at radius 3 is 2.44 bits per heavy atom. The van der Waals surface area contributed by atoms with Crippen molar-refractivity contribution in [3.05, 3.63) is 82.3 Å². The molecule has 2 N–H and O–H groups in total. The van der Waals surface area contributed by atoms with Crippen LogP contribution in [-0.4, -0.2) is 31.3 Å². The summed E-state index contributed by atoms with van der Waals surface area (Å²) in [5, 5.41) is 0. The molecule has 36 heavy (non-hydrogen) atoms. The van der Waals surface area contributed by atoms with E-state index in [9.17, 15) is 14.4 Å². The van der Waals surface area contributed by atoms with E-state index in [0.29, 0.717) is 47.7 Å². The SMILES string of the molecule is CCOC(=O)C1=C(N)N(c2ccc(C(C)C)cc2)C2=C(C(=O)CCC2)C12C(=O)N(C)c1ccccc12. The van der Waals surface area contributed by atoms with E-state index in [2.05, 4.69) is 13.8 Å². The summed E-state index contributed by atoms with van der Waals surface area (Å²) < 4.78 is 5.48. The van der Waals surface area contributed by atoms with E-state index in [1.54, 1.807) is 18.9 Å². The van der Waals surface area contributed by atoms with Crippen molar-refractivity contribution in [2.75, 3.05) is 23.5 Å². The van der Waals surface area contributed by atoms with E-state index in [-0.39, 0.29) is 29.7 Å². The zero-order valence-corrected chi connectivity index (χ0v) is 21.1. The summed E-state index contributed by atoms with van der Waals surface area (Å²) in [7, 11) is 1.67. The molecule has 1 atom stereocenters. The summed E-state index contributed by atoms with van der Waals surface area (Å²) in [6.45, 7) is 6.06. The number of para-hydroxylation sites is 1. The second kappa shape index (κ2) is 8.66. The number of esters is 1. The molecule has 0 saturated carbocycles. The average Bonchev–Trinajstić information content (AvgIpc) is 3.07. The lowest BCUT2D eigenvalue weighted by molar-refractivity contribution is -0.140. The maximum Gasteiger partial charge on any atom is 0.339 e. The summed E-state index contributed by atoms with van der Waals surface area (Å²) in [6.07, 6.45) is 1.50. The molecule has 1 amide bonds. The Morgan fingerprint density at radius 2 is 1.78 bits per heavy atom. The van der Waals surface area contributed by atoms with E-state index in [1.807, 2.05) is 48.5 Å². The first-order valence-corrected chi connectivity index (χ1v) is 12.5. The van der Waals surface area contributed by atoms with Gasteiger partial charge in [0.25, 0.3) is 0 Å². The average molecular weight is 486 g/mol. The zero-order chi connectivity index (χ0) is 25.8. The largest absolute Gasteiger partial charge is 0.462 e. The third-order valence-corrected chi connectivity index (χ3v) is 7.49. The van der Waals surface area contributed by atoms with Crippen LogP contribution in [0.1, 0.15) is 57.1 Å². The van der Waals surface area contributed by atoms with Gasteiger partial charge >= 0.3 is 5.97 Å². The predicted molar refractivity (Wildman–Crippen MR) is 138 cm³/mol. The Kier molecular flexibility index (Phi) is 5.74. The lowest BCUT2D eigenvalue weighted by Gasteiger charge is -2.44. The number of benzene rings is 2. The summed E-state index contributed by atoms with van der Waals surface area (Å²) in [5.74, 6) is -0.735. The van der Waals surface area contributed by atoms with Gasteiger partial charge in [-0.3, -0.25) is 14.5 Å². The van der Waals surface area contributed by atoms with Crippen LogP contribution in [0.3, 0.4) is 0 Å². The molecular formula is C29H31N3O4. The Hall–Kier alpha value is -3.87. The van der Waals surface area contributed by atoms with Crippen LogP contribution < -0.4 is 15.5 Å². The Labute approximate surface area is 211 Å². The van der Waals surface area contributed by atoms with Gasteiger partial charge in [0.1, 0.15) is 16.8 Å². The minimum Gasteiger partial charge on any atom is -0.462 e. The van der Waals surface area contributed by atoms with E-state index in [1.165, 1.54) is 4.90 Å². The lowest BCUT2D eigenvalue weighted by atomic mass is 9.63. The van der Waals surface area contributed by atoms with Crippen LogP contribution in [0, 0.1) is 0 Å². The molecule has 7 nitrogen and oxygen atoms in total. The van der Waals surface area contributed by atoms with Gasteiger partial charge in [-0.1, -0.05) is 44.2 Å². The van der Waals surface area contributed by atoms with Gasteiger partial charge in [0.2, 0.25) is 5.91 Å². The van der Waals surface area contributed by atoms with Crippen molar-refractivity contribution in [1.82, 2.24) is 0 Å². The summed E-state index contributed by atoms with van der Waals surface area (Å²) in [4.78, 5) is 44.9. The van der Waals surface area contributed by atoms with Gasteiger partial charge in [0, 0.05) is 41.7 Å². The number of anilines is 2. The molecule has 2 aromatic carbocycles. The summed E-state index contributed by atoms with van der Waals surface area (Å²) in [5.41, 5.74) is 9.36. The predicted octanol–water partition coefficient (Wildman–Crippen LogP) is 4.28. The van der Waals surface area contributed by atoms with Gasteiger partial charge < -0.3 is 15.4 Å². The van der Waals surface area contributed by atoms with Gasteiger partial charge in [0.15, 0.2) is 5.78 Å². The van der Waals surface area contributed by atoms with Crippen LogP contribution in [-0.2, 0) is 24.5 Å². The molecule has 1 aliphatic carbocycles. The number of ether oxygens (including phenoxy) is 1. The highest BCUT2D eigenvalue weighted by Crippen LogP contribution is 2.56. The van der Waals surface area contributed by atoms with Crippen molar-refractivity contribution in [2.45, 2.75) is 51.4 Å². The number of ketones is 1. The highest BCUT2D eigenvalue weighted by Gasteiger charge is 2.63. The highest BCUT2D eigenvalue weighted by atomic mass is 16.5. The van der Waals surface area contributed by atoms with E-state index in [0.717, 1.165) is 11.3 Å². The lowest BCUT2D eigenvalue weighted by Crippen LogP contribution is -2.54. The fourth-order valence-electron chi connectivity index (χ4n) is 5.86. The molecule has 2 aromatic rings. The number of carbonyl (C=O) groups is 3. The molecule has 5 rings (SSSR count). The molecule has 1 unspecified atom stereocenters. The maximum absolute atomic E-state index is 14.2. The first-order chi connectivity index (χ1) is 17.2. The molecule has 1 spiro atoms. The van der Waals surface area contributed by atoms with Gasteiger partial charge in [-0.2, -0.15) is 0 Å². The Balaban J connectivity index is 1.86. The number of Topliss-reactive ketones (excluding diaryl/α,β-unsaturated/α-hetero) is 1. The molecule has 186 valence electrons. The number of likely N-dealkylation sites (N-methyl/N-ethyl adjacent to an activating group) is 1. The topological polar surface area (TPSA) is 92.9 Å². The van der Waals surface area contributed by atoms with Crippen molar-refractivity contribution >= 4 is 29.0 Å². The number of hydrogen-bond donors (Lipinski definition) is 1. The number of amides is 1. The number of hydrogen-bond acceptors (Lipinski definition) is 6. The number of rotatable bonds is 4. The Morgan fingerprint density at radius 1 is 1.08 bits per heavy atom. The van der Waals surface area contributed by atoms with Crippen LogP contribution in [0.4, 0.5) is 11.4 Å². The smallest absolute Gasteiger partial charge is 0.339 e. The van der Waals surface area contributed by atoms with E-state index >= 15 is 0 Å².